The van der Waals surface area contributed by atoms with Crippen LogP contribution in [0.2, 0.25) is 0 Å². The molecular formula is C86H88O10. The monoisotopic (exact) mass is 1280 g/mol. The van der Waals surface area contributed by atoms with Gasteiger partial charge in [-0.15, -0.1) is 0 Å². The number of hydrogen-bond donors (Lipinski definition) is 2. The average Bonchev–Trinajstić information content (AvgIpc) is 0.717. The molecule has 4 heterocycles. The van der Waals surface area contributed by atoms with Crippen LogP contribution in [0.5, 0.6) is 46.0 Å². The van der Waals surface area contributed by atoms with Crippen LogP contribution in [0.25, 0.3) is 0 Å². The van der Waals surface area contributed by atoms with E-state index in [0.29, 0.717) is 128 Å². The second-order valence-electron chi connectivity index (χ2n) is 31.7. The van der Waals surface area contributed by atoms with Gasteiger partial charge in [0.2, 0.25) is 0 Å². The van der Waals surface area contributed by atoms with Gasteiger partial charge in [-0.25, -0.2) is 0 Å². The molecule has 10 nitrogen and oxygen atoms in total. The van der Waals surface area contributed by atoms with Crippen molar-refractivity contribution in [1.82, 2.24) is 0 Å². The van der Waals surface area contributed by atoms with Gasteiger partial charge in [0.15, 0.2) is 0 Å². The highest BCUT2D eigenvalue weighted by Gasteiger charge is 2.60. The maximum absolute atomic E-state index is 11.4. The highest BCUT2D eigenvalue weighted by molar-refractivity contribution is 5.61. The predicted molar refractivity (Wildman–Crippen MR) is 370 cm³/mol. The van der Waals surface area contributed by atoms with Crippen LogP contribution in [-0.2, 0) is 62.2 Å². The number of aliphatic hydroxyl groups is 2. The Morgan fingerprint density at radius 2 is 0.448 bits per heavy atom. The lowest BCUT2D eigenvalue weighted by Crippen LogP contribution is -2.55. The SMILES string of the molecule is OCC12C[C@H]3C[C@@H](C1)CC(c1cc4c5c(c1)Cc1cccc6c1OCCOc1c7cccc1Cc1cccc8c1OCCOc1c(cc(C9%10C[C@@H]%11C[C@@H](CC(CO)(C%11)C9)C%10)cc1C6)Cc1cccc(c1OCCOc1c(cccc1C8)Cc1cccc(c1OCCO5)C7)C4)(C3)C2. The topological polar surface area (TPSA) is 114 Å². The summed E-state index contributed by atoms with van der Waals surface area (Å²) in [6, 6.07) is 50.2. The van der Waals surface area contributed by atoms with Gasteiger partial charge >= 0.3 is 0 Å². The zero-order valence-corrected chi connectivity index (χ0v) is 55.4. The molecule has 0 spiro atoms. The Morgan fingerprint density at radius 1 is 0.260 bits per heavy atom. The molecule has 8 atom stereocenters. The maximum Gasteiger partial charge on any atom is 0.126 e. The summed E-state index contributed by atoms with van der Waals surface area (Å²) in [6.07, 6.45) is 18.0. The average molecular weight is 1280 g/mol. The van der Waals surface area contributed by atoms with Crippen molar-refractivity contribution >= 4 is 0 Å². The second kappa shape index (κ2) is 23.4. The van der Waals surface area contributed by atoms with Crippen molar-refractivity contribution in [2.45, 2.75) is 139 Å². The minimum atomic E-state index is -0.0817. The molecule has 0 radical (unpaired) electrons. The molecule has 10 heteroatoms. The van der Waals surface area contributed by atoms with Crippen molar-refractivity contribution < 1.29 is 48.1 Å². The third-order valence-corrected chi connectivity index (χ3v) is 25.2. The first-order valence-electron chi connectivity index (χ1n) is 36.4. The molecule has 8 aromatic carbocycles. The Labute approximate surface area is 564 Å². The fourth-order valence-electron chi connectivity index (χ4n) is 22.4. The summed E-state index contributed by atoms with van der Waals surface area (Å²) < 4.78 is 59.5. The first kappa shape index (κ1) is 59.4. The molecule has 14 aliphatic rings. The molecule has 22 rings (SSSR count). The molecule has 0 saturated heterocycles. The van der Waals surface area contributed by atoms with Gasteiger partial charge in [0.1, 0.15) is 98.9 Å². The van der Waals surface area contributed by atoms with Gasteiger partial charge in [-0.1, -0.05) is 133 Å². The molecule has 2 N–H and O–H groups in total. The summed E-state index contributed by atoms with van der Waals surface area (Å²) in [5.41, 5.74) is 19.9. The van der Waals surface area contributed by atoms with Crippen LogP contribution in [0.1, 0.15) is 177 Å². The number of ether oxygens (including phenoxy) is 8. The molecule has 10 aliphatic carbocycles. The number of para-hydroxylation sites is 6. The Hall–Kier alpha value is -7.92. The molecule has 0 aromatic heterocycles. The maximum atomic E-state index is 11.4. The van der Waals surface area contributed by atoms with Crippen LogP contribution in [-0.4, -0.2) is 76.3 Å². The van der Waals surface area contributed by atoms with Crippen LogP contribution in [0.3, 0.4) is 0 Å². The van der Waals surface area contributed by atoms with E-state index in [9.17, 15) is 10.2 Å². The molecular weight excluding hydrogens is 1190 g/mol. The lowest BCUT2D eigenvalue weighted by atomic mass is 9.43. The Kier molecular flexibility index (Phi) is 14.5. The van der Waals surface area contributed by atoms with Gasteiger partial charge < -0.3 is 48.1 Å². The standard InChI is InChI=1S/C86H88O10/c87-51-83-41-53-27-54(42-83)46-85(45-53,49-83)73-37-69-33-65-15-5-16-66-34-70-38-74(86-47-55-28-56(48-86)44-84(43-55,50-86)52-88)40-72-36-68-18-6-17-67-35-71(39-73)81(69)95-25-23-91-77-61-11-3-13-63(77)31-59-9-2-10-60(76(59)90-20-22-94-80(67)68)32-64-14-4-12-62(78(64)92-24-26-96-82(70)72)30-58-8-1-7-57(29-61)75(58)89-19-21-93-79(65)66/h1-18,37-40,53-56,87-88H,19-36,41-52H2/t53-,54+,55-,56+,83?,84?,85?,86?. The highest BCUT2D eigenvalue weighted by Crippen LogP contribution is 2.68. The summed E-state index contributed by atoms with van der Waals surface area (Å²) in [7, 11) is 0. The van der Waals surface area contributed by atoms with Crippen molar-refractivity contribution in [1.29, 1.82) is 0 Å². The summed E-state index contributed by atoms with van der Waals surface area (Å²) in [4.78, 5) is 0. The Bertz CT molecular complexity index is 3920. The lowest BCUT2D eigenvalue weighted by molar-refractivity contribution is -0.0961. The van der Waals surface area contributed by atoms with Crippen LogP contribution in [0.15, 0.2) is 133 Å². The lowest BCUT2D eigenvalue weighted by Gasteiger charge is -2.62. The first-order chi connectivity index (χ1) is 47.1. The van der Waals surface area contributed by atoms with E-state index in [0.717, 1.165) is 199 Å². The van der Waals surface area contributed by atoms with Gasteiger partial charge in [0, 0.05) is 64.6 Å². The van der Waals surface area contributed by atoms with E-state index >= 15 is 0 Å². The molecule has 0 amide bonds. The van der Waals surface area contributed by atoms with Crippen molar-refractivity contribution in [2.24, 2.45) is 34.5 Å². The van der Waals surface area contributed by atoms with E-state index in [2.05, 4.69) is 133 Å². The smallest absolute Gasteiger partial charge is 0.126 e. The molecule has 32 bridgehead atoms. The minimum Gasteiger partial charge on any atom is -0.489 e. The van der Waals surface area contributed by atoms with Gasteiger partial charge in [-0.05, 0) is 223 Å². The number of aliphatic hydroxyl groups excluding tert-OH is 2. The highest BCUT2D eigenvalue weighted by atomic mass is 16.5. The zero-order chi connectivity index (χ0) is 63.7. The number of hydrogen-bond acceptors (Lipinski definition) is 10. The van der Waals surface area contributed by atoms with Crippen molar-refractivity contribution in [3.05, 3.63) is 234 Å². The van der Waals surface area contributed by atoms with Gasteiger partial charge in [0.05, 0.1) is 0 Å². The fourth-order valence-corrected chi connectivity index (χ4v) is 22.4. The third kappa shape index (κ3) is 10.3. The Morgan fingerprint density at radius 3 is 0.646 bits per heavy atom. The van der Waals surface area contributed by atoms with Crippen LogP contribution >= 0.6 is 0 Å². The van der Waals surface area contributed by atoms with Crippen LogP contribution < -0.4 is 37.9 Å². The molecule has 8 saturated carbocycles. The molecule has 492 valence electrons. The Balaban J connectivity index is 0.882. The molecule has 8 fully saturated rings. The molecule has 4 aliphatic heterocycles. The van der Waals surface area contributed by atoms with Crippen molar-refractivity contribution in [2.75, 3.05) is 66.1 Å². The van der Waals surface area contributed by atoms with E-state index in [-0.39, 0.29) is 34.9 Å². The predicted octanol–water partition coefficient (Wildman–Crippen LogP) is 15.5. The van der Waals surface area contributed by atoms with Gasteiger partial charge in [-0.3, -0.25) is 0 Å². The third-order valence-electron chi connectivity index (χ3n) is 25.2. The summed E-state index contributed by atoms with van der Waals surface area (Å²) in [6.45, 7) is 2.93. The number of fused-ring (bicyclic) bond motifs is 12. The van der Waals surface area contributed by atoms with Crippen molar-refractivity contribution in [3.8, 4) is 46.0 Å². The first-order valence-corrected chi connectivity index (χ1v) is 36.4. The van der Waals surface area contributed by atoms with E-state index in [1.165, 1.54) is 24.0 Å². The summed E-state index contributed by atoms with van der Waals surface area (Å²) >= 11 is 0. The van der Waals surface area contributed by atoms with Gasteiger partial charge in [0.25, 0.3) is 0 Å². The summed E-state index contributed by atoms with van der Waals surface area (Å²) in [5.74, 6) is 9.28. The van der Waals surface area contributed by atoms with Crippen LogP contribution in [0, 0.1) is 34.5 Å². The number of rotatable bonds is 4. The molecule has 96 heavy (non-hydrogen) atoms. The van der Waals surface area contributed by atoms with E-state index in [4.69, 9.17) is 37.9 Å². The number of benzene rings is 8. The summed E-state index contributed by atoms with van der Waals surface area (Å²) in [5, 5.41) is 22.9. The minimum absolute atomic E-state index is 0.0644. The van der Waals surface area contributed by atoms with Gasteiger partial charge in [-0.2, -0.15) is 0 Å². The van der Waals surface area contributed by atoms with Crippen LogP contribution in [0.4, 0.5) is 0 Å². The van der Waals surface area contributed by atoms with E-state index < -0.39 is 0 Å². The normalized spacial score (nSPS) is 27.9. The fraction of sp³-hybridized carbons (Fsp3) is 0.442. The quantitative estimate of drug-likeness (QED) is 0.177. The van der Waals surface area contributed by atoms with Crippen molar-refractivity contribution in [3.63, 3.8) is 0 Å². The second-order valence-corrected chi connectivity index (χ2v) is 31.7. The zero-order valence-electron chi connectivity index (χ0n) is 55.4. The largest absolute Gasteiger partial charge is 0.489 e. The molecule has 8 aromatic rings. The van der Waals surface area contributed by atoms with E-state index in [1.807, 2.05) is 0 Å². The molecule has 4 unspecified atom stereocenters. The van der Waals surface area contributed by atoms with E-state index in [1.54, 1.807) is 0 Å².